The molecule has 1 saturated heterocycles. The molecule has 0 bridgehead atoms. The third-order valence-corrected chi connectivity index (χ3v) is 3.96. The van der Waals surface area contributed by atoms with Crippen molar-refractivity contribution in [3.8, 4) is 0 Å². The highest BCUT2D eigenvalue weighted by Crippen LogP contribution is 2.26. The van der Waals surface area contributed by atoms with Crippen LogP contribution in [0.25, 0.3) is 16.8 Å². The highest BCUT2D eigenvalue weighted by Gasteiger charge is 2.24. The van der Waals surface area contributed by atoms with E-state index in [1.54, 1.807) is 6.20 Å². The molecule has 1 aliphatic heterocycles. The van der Waals surface area contributed by atoms with Crippen molar-refractivity contribution in [1.82, 2.24) is 29.5 Å². The molecule has 4 heterocycles. The Balaban J connectivity index is 1.91. The summed E-state index contributed by atoms with van der Waals surface area (Å²) in [6.07, 6.45) is 6.09. The zero-order valence-corrected chi connectivity index (χ0v) is 10.9. The number of hydrogen-bond donors (Lipinski definition) is 1. The van der Waals surface area contributed by atoms with E-state index in [2.05, 4.69) is 36.5 Å². The molecule has 1 fully saturated rings. The van der Waals surface area contributed by atoms with Crippen molar-refractivity contribution in [1.29, 1.82) is 0 Å². The first-order valence-electron chi connectivity index (χ1n) is 6.68. The Labute approximate surface area is 110 Å². The van der Waals surface area contributed by atoms with Crippen LogP contribution in [0.4, 0.5) is 0 Å². The largest absolute Gasteiger partial charge is 0.345 e. The highest BCUT2D eigenvalue weighted by atomic mass is 15.3. The molecule has 1 N–H and O–H groups in total. The SMILES string of the molecule is CN1CCC[C@H](c2nnc3cnc4[nH]ccc4n23)C1. The van der Waals surface area contributed by atoms with Crippen LogP contribution in [0.3, 0.4) is 0 Å². The monoisotopic (exact) mass is 256 g/mol. The molecule has 0 aliphatic carbocycles. The molecule has 0 amide bonds. The topological polar surface area (TPSA) is 62.1 Å². The van der Waals surface area contributed by atoms with Crippen molar-refractivity contribution in [2.24, 2.45) is 0 Å². The molecule has 0 spiro atoms. The summed E-state index contributed by atoms with van der Waals surface area (Å²) >= 11 is 0. The van der Waals surface area contributed by atoms with Gasteiger partial charge >= 0.3 is 0 Å². The summed E-state index contributed by atoms with van der Waals surface area (Å²) in [6, 6.07) is 2.04. The van der Waals surface area contributed by atoms with Gasteiger partial charge in [0.2, 0.25) is 0 Å². The van der Waals surface area contributed by atoms with Crippen LogP contribution in [0.2, 0.25) is 0 Å². The lowest BCUT2D eigenvalue weighted by Gasteiger charge is -2.28. The van der Waals surface area contributed by atoms with Crippen molar-refractivity contribution in [2.75, 3.05) is 20.1 Å². The summed E-state index contributed by atoms with van der Waals surface area (Å²) in [5, 5.41) is 8.68. The minimum absolute atomic E-state index is 0.453. The van der Waals surface area contributed by atoms with E-state index in [4.69, 9.17) is 0 Å². The predicted octanol–water partition coefficient (Wildman–Crippen LogP) is 1.41. The molecule has 6 nitrogen and oxygen atoms in total. The lowest BCUT2D eigenvalue weighted by molar-refractivity contribution is 0.245. The van der Waals surface area contributed by atoms with E-state index in [0.29, 0.717) is 5.92 Å². The van der Waals surface area contributed by atoms with E-state index >= 15 is 0 Å². The Kier molecular flexibility index (Phi) is 2.32. The molecule has 19 heavy (non-hydrogen) atoms. The standard InChI is InChI=1S/C13H16N6/c1-18-6-2-3-9(8-18)13-17-16-11-7-15-12-10(19(11)13)4-5-14-12/h4-5,7,9,14H,2-3,6,8H2,1H3/t9-/m0/s1. The molecule has 1 atom stereocenters. The summed E-state index contributed by atoms with van der Waals surface area (Å²) in [5.41, 5.74) is 2.78. The normalized spacial score (nSPS) is 21.4. The summed E-state index contributed by atoms with van der Waals surface area (Å²) in [5.74, 6) is 1.52. The lowest BCUT2D eigenvalue weighted by atomic mass is 9.98. The fourth-order valence-corrected chi connectivity index (χ4v) is 3.04. The van der Waals surface area contributed by atoms with Gasteiger partial charge in [-0.2, -0.15) is 0 Å². The van der Waals surface area contributed by atoms with Crippen molar-refractivity contribution < 1.29 is 0 Å². The summed E-state index contributed by atoms with van der Waals surface area (Å²) in [6.45, 7) is 2.23. The maximum Gasteiger partial charge on any atom is 0.179 e. The molecule has 0 aromatic carbocycles. The number of nitrogens with one attached hydrogen (secondary N) is 1. The molecule has 98 valence electrons. The minimum Gasteiger partial charge on any atom is -0.345 e. The molecule has 1 aliphatic rings. The van der Waals surface area contributed by atoms with Crippen LogP contribution in [-0.4, -0.2) is 49.6 Å². The molecule has 3 aromatic heterocycles. The Bertz CT molecular complexity index is 727. The zero-order valence-electron chi connectivity index (χ0n) is 10.9. The summed E-state index contributed by atoms with van der Waals surface area (Å²) in [4.78, 5) is 9.86. The number of rotatable bonds is 1. The fourth-order valence-electron chi connectivity index (χ4n) is 3.04. The second kappa shape index (κ2) is 4.03. The number of likely N-dealkylation sites (tertiary alicyclic amines) is 1. The van der Waals surface area contributed by atoms with Crippen LogP contribution in [0.15, 0.2) is 18.5 Å². The van der Waals surface area contributed by atoms with Crippen molar-refractivity contribution in [3.63, 3.8) is 0 Å². The maximum atomic E-state index is 4.42. The molecule has 0 unspecified atom stereocenters. The molecule has 4 rings (SSSR count). The first-order valence-corrected chi connectivity index (χ1v) is 6.68. The van der Waals surface area contributed by atoms with Crippen LogP contribution in [0.5, 0.6) is 0 Å². The van der Waals surface area contributed by atoms with E-state index in [1.807, 2.05) is 12.3 Å². The third kappa shape index (κ3) is 1.63. The number of fused-ring (bicyclic) bond motifs is 3. The van der Waals surface area contributed by atoms with Crippen LogP contribution in [0.1, 0.15) is 24.6 Å². The molecule has 6 heteroatoms. The minimum atomic E-state index is 0.453. The number of nitrogens with zero attached hydrogens (tertiary/aromatic N) is 5. The number of H-pyrrole nitrogens is 1. The second-order valence-corrected chi connectivity index (χ2v) is 5.32. The van der Waals surface area contributed by atoms with E-state index < -0.39 is 0 Å². The summed E-state index contributed by atoms with van der Waals surface area (Å²) < 4.78 is 2.14. The Hall–Kier alpha value is -1.95. The van der Waals surface area contributed by atoms with Crippen LogP contribution in [0, 0.1) is 0 Å². The van der Waals surface area contributed by atoms with E-state index in [1.165, 1.54) is 19.4 Å². The summed E-state index contributed by atoms with van der Waals surface area (Å²) in [7, 11) is 2.17. The van der Waals surface area contributed by atoms with Crippen molar-refractivity contribution in [3.05, 3.63) is 24.3 Å². The first kappa shape index (κ1) is 10.9. The van der Waals surface area contributed by atoms with E-state index in [9.17, 15) is 0 Å². The Morgan fingerprint density at radius 2 is 2.32 bits per heavy atom. The third-order valence-electron chi connectivity index (χ3n) is 3.96. The smallest absolute Gasteiger partial charge is 0.179 e. The van der Waals surface area contributed by atoms with Gasteiger partial charge in [0, 0.05) is 18.7 Å². The lowest BCUT2D eigenvalue weighted by Crippen LogP contribution is -2.31. The molecular formula is C13H16N6. The number of aromatic amines is 1. The average molecular weight is 256 g/mol. The molecule has 0 radical (unpaired) electrons. The molecule has 0 saturated carbocycles. The quantitative estimate of drug-likeness (QED) is 0.715. The van der Waals surface area contributed by atoms with Gasteiger partial charge in [0.05, 0.1) is 11.7 Å². The average Bonchev–Trinajstić information content (AvgIpc) is 3.04. The van der Waals surface area contributed by atoms with Gasteiger partial charge in [0.25, 0.3) is 0 Å². The van der Waals surface area contributed by atoms with Crippen LogP contribution < -0.4 is 0 Å². The Morgan fingerprint density at radius 3 is 3.21 bits per heavy atom. The van der Waals surface area contributed by atoms with E-state index in [0.717, 1.165) is 29.2 Å². The number of aromatic nitrogens is 5. The second-order valence-electron chi connectivity index (χ2n) is 5.32. The van der Waals surface area contributed by atoms with Gasteiger partial charge < -0.3 is 9.88 Å². The first-order chi connectivity index (χ1) is 9.33. The van der Waals surface area contributed by atoms with Gasteiger partial charge in [-0.15, -0.1) is 10.2 Å². The van der Waals surface area contributed by atoms with Gasteiger partial charge in [-0.25, -0.2) is 4.98 Å². The number of piperidine rings is 1. The van der Waals surface area contributed by atoms with Gasteiger partial charge in [0.1, 0.15) is 5.82 Å². The van der Waals surface area contributed by atoms with Gasteiger partial charge in [-0.05, 0) is 32.5 Å². The number of likely N-dealkylation sites (N-methyl/N-ethyl adjacent to an activating group) is 1. The molecular weight excluding hydrogens is 240 g/mol. The fraction of sp³-hybridized carbons (Fsp3) is 0.462. The van der Waals surface area contributed by atoms with Crippen LogP contribution >= 0.6 is 0 Å². The Morgan fingerprint density at radius 1 is 1.37 bits per heavy atom. The predicted molar refractivity (Wildman–Crippen MR) is 72.1 cm³/mol. The van der Waals surface area contributed by atoms with Crippen LogP contribution in [-0.2, 0) is 0 Å². The van der Waals surface area contributed by atoms with E-state index in [-0.39, 0.29) is 0 Å². The zero-order chi connectivity index (χ0) is 12.8. The number of hydrogen-bond acceptors (Lipinski definition) is 4. The van der Waals surface area contributed by atoms with Crippen molar-refractivity contribution >= 4 is 16.8 Å². The maximum absolute atomic E-state index is 4.42. The van der Waals surface area contributed by atoms with Gasteiger partial charge in [-0.1, -0.05) is 0 Å². The van der Waals surface area contributed by atoms with Gasteiger partial charge in [-0.3, -0.25) is 4.40 Å². The van der Waals surface area contributed by atoms with Crippen molar-refractivity contribution in [2.45, 2.75) is 18.8 Å². The highest BCUT2D eigenvalue weighted by molar-refractivity contribution is 5.74. The van der Waals surface area contributed by atoms with Gasteiger partial charge in [0.15, 0.2) is 11.3 Å². The molecule has 3 aromatic rings.